The molecule has 1 unspecified atom stereocenters. The number of carbonyl (C=O) groups is 1. The number of nitrogens with zero attached hydrogens (tertiary/aromatic N) is 1. The third-order valence-electron chi connectivity index (χ3n) is 6.13. The zero-order valence-electron chi connectivity index (χ0n) is 19.3. The first-order valence-electron chi connectivity index (χ1n) is 10.7. The van der Waals surface area contributed by atoms with Crippen LogP contribution in [0.15, 0.2) is 46.2 Å². The van der Waals surface area contributed by atoms with Crippen LogP contribution in [0.25, 0.3) is 11.1 Å². The van der Waals surface area contributed by atoms with Crippen LogP contribution in [-0.2, 0) is 22.1 Å². The lowest BCUT2D eigenvalue weighted by atomic mass is 9.92. The molecule has 1 aliphatic heterocycles. The molecule has 190 valence electrons. The highest BCUT2D eigenvalue weighted by Gasteiger charge is 2.38. The molecule has 0 N–H and O–H groups in total. The van der Waals surface area contributed by atoms with Crippen LogP contribution in [0.1, 0.15) is 28.3 Å². The van der Waals surface area contributed by atoms with E-state index in [0.717, 1.165) is 41.6 Å². The first-order chi connectivity index (χ1) is 17.0. The first kappa shape index (κ1) is 25.7. The number of carbonyl (C=O) groups excluding carboxylic acids is 1. The number of esters is 1. The van der Waals surface area contributed by atoms with E-state index in [9.17, 15) is 27.2 Å². The highest BCUT2D eigenvalue weighted by atomic mass is 32.2. The SMILES string of the molecule is COC(=O)C1CSc2c(Cc3c(F)cccc3C(F)(F)F)c(C)c(-c3cccc(OC)c3F)c(=O)n21. The fourth-order valence-corrected chi connectivity index (χ4v) is 5.73. The van der Waals surface area contributed by atoms with Crippen LogP contribution in [-0.4, -0.2) is 30.5 Å². The van der Waals surface area contributed by atoms with E-state index in [1.54, 1.807) is 0 Å². The van der Waals surface area contributed by atoms with E-state index in [1.165, 1.54) is 32.2 Å². The lowest BCUT2D eigenvalue weighted by Crippen LogP contribution is -2.32. The van der Waals surface area contributed by atoms with Gasteiger partial charge in [-0.3, -0.25) is 9.36 Å². The van der Waals surface area contributed by atoms with Crippen molar-refractivity contribution < 1.29 is 36.2 Å². The Morgan fingerprint density at radius 1 is 1.11 bits per heavy atom. The summed E-state index contributed by atoms with van der Waals surface area (Å²) < 4.78 is 82.1. The molecule has 11 heteroatoms. The largest absolute Gasteiger partial charge is 0.494 e. The summed E-state index contributed by atoms with van der Waals surface area (Å²) in [4.78, 5) is 26.1. The van der Waals surface area contributed by atoms with Gasteiger partial charge in [-0.15, -0.1) is 11.8 Å². The second kappa shape index (κ2) is 9.61. The van der Waals surface area contributed by atoms with Crippen molar-refractivity contribution in [3.8, 4) is 16.9 Å². The molecule has 4 rings (SSSR count). The average Bonchev–Trinajstić information content (AvgIpc) is 3.28. The summed E-state index contributed by atoms with van der Waals surface area (Å²) in [7, 11) is 2.39. The van der Waals surface area contributed by atoms with Crippen molar-refractivity contribution in [2.75, 3.05) is 20.0 Å². The van der Waals surface area contributed by atoms with Crippen LogP contribution < -0.4 is 10.3 Å². The van der Waals surface area contributed by atoms with Crippen molar-refractivity contribution in [2.45, 2.75) is 30.6 Å². The molecule has 0 saturated heterocycles. The van der Waals surface area contributed by atoms with Gasteiger partial charge >= 0.3 is 12.1 Å². The molecule has 0 aliphatic carbocycles. The number of hydrogen-bond donors (Lipinski definition) is 0. The average molecular weight is 525 g/mol. The fourth-order valence-electron chi connectivity index (χ4n) is 4.38. The standard InChI is InChI=1S/C25H20F5NO4S/c1-12-14(10-15-16(25(28,29)30)7-5-8-17(15)26)23-31(18(11-36-23)24(33)35-3)22(32)20(12)13-6-4-9-19(34-2)21(13)27/h4-9,18H,10-11H2,1-3H3. The Balaban J connectivity index is 2.05. The summed E-state index contributed by atoms with van der Waals surface area (Å²) in [5, 5.41) is 0.205. The Hall–Kier alpha value is -3.34. The lowest BCUT2D eigenvalue weighted by Gasteiger charge is -2.21. The summed E-state index contributed by atoms with van der Waals surface area (Å²) in [6, 6.07) is 5.71. The molecule has 3 aromatic rings. The molecule has 0 spiro atoms. The molecule has 2 aromatic carbocycles. The van der Waals surface area contributed by atoms with Crippen LogP contribution in [0.2, 0.25) is 0 Å². The van der Waals surface area contributed by atoms with Gasteiger partial charge in [0.25, 0.3) is 5.56 Å². The second-order valence-corrected chi connectivity index (χ2v) is 9.08. The number of hydrogen-bond acceptors (Lipinski definition) is 5. The van der Waals surface area contributed by atoms with Gasteiger partial charge in [0.15, 0.2) is 11.6 Å². The summed E-state index contributed by atoms with van der Waals surface area (Å²) in [6.07, 6.45) is -5.37. The summed E-state index contributed by atoms with van der Waals surface area (Å²) >= 11 is 1.07. The van der Waals surface area contributed by atoms with E-state index < -0.39 is 52.9 Å². The molecule has 1 aromatic heterocycles. The topological polar surface area (TPSA) is 57.5 Å². The maximum atomic E-state index is 15.3. The van der Waals surface area contributed by atoms with Crippen LogP contribution in [0.3, 0.4) is 0 Å². The van der Waals surface area contributed by atoms with Gasteiger partial charge in [-0.25, -0.2) is 13.6 Å². The van der Waals surface area contributed by atoms with Crippen molar-refractivity contribution >= 4 is 17.7 Å². The Morgan fingerprint density at radius 2 is 1.81 bits per heavy atom. The lowest BCUT2D eigenvalue weighted by molar-refractivity contribution is -0.144. The van der Waals surface area contributed by atoms with Crippen LogP contribution in [0.4, 0.5) is 22.0 Å². The maximum Gasteiger partial charge on any atom is 0.416 e. The van der Waals surface area contributed by atoms with Crippen molar-refractivity contribution in [3.05, 3.63) is 80.6 Å². The molecule has 0 saturated carbocycles. The molecule has 0 amide bonds. The molecular formula is C25H20F5NO4S. The smallest absolute Gasteiger partial charge is 0.416 e. The molecule has 36 heavy (non-hydrogen) atoms. The summed E-state index contributed by atoms with van der Waals surface area (Å²) in [6.45, 7) is 1.46. The number of fused-ring (bicyclic) bond motifs is 1. The molecule has 2 heterocycles. The van der Waals surface area contributed by atoms with E-state index in [1.807, 2.05) is 0 Å². The van der Waals surface area contributed by atoms with Crippen molar-refractivity contribution in [3.63, 3.8) is 0 Å². The van der Waals surface area contributed by atoms with Crippen LogP contribution >= 0.6 is 11.8 Å². The number of benzene rings is 2. The van der Waals surface area contributed by atoms with Crippen molar-refractivity contribution in [1.82, 2.24) is 4.57 Å². The van der Waals surface area contributed by atoms with E-state index in [-0.39, 0.29) is 38.8 Å². The Bertz CT molecular complexity index is 1420. The van der Waals surface area contributed by atoms with E-state index in [0.29, 0.717) is 0 Å². The minimum atomic E-state index is -4.83. The highest BCUT2D eigenvalue weighted by molar-refractivity contribution is 7.99. The van der Waals surface area contributed by atoms with Gasteiger partial charge in [0.1, 0.15) is 11.9 Å². The normalized spacial score (nSPS) is 15.1. The van der Waals surface area contributed by atoms with Gasteiger partial charge < -0.3 is 9.47 Å². The number of thioether (sulfide) groups is 1. The van der Waals surface area contributed by atoms with Crippen molar-refractivity contribution in [1.29, 1.82) is 0 Å². The number of halogens is 5. The third kappa shape index (κ3) is 4.25. The van der Waals surface area contributed by atoms with Gasteiger partial charge in [0.2, 0.25) is 0 Å². The molecule has 0 fully saturated rings. The third-order valence-corrected chi connectivity index (χ3v) is 7.33. The quantitative estimate of drug-likeness (QED) is 0.324. The second-order valence-electron chi connectivity index (χ2n) is 8.07. The van der Waals surface area contributed by atoms with Crippen molar-refractivity contribution in [2.24, 2.45) is 0 Å². The Kier molecular flexibility index (Phi) is 6.87. The number of aromatic nitrogens is 1. The molecule has 1 aliphatic rings. The Morgan fingerprint density at radius 3 is 2.44 bits per heavy atom. The molecule has 5 nitrogen and oxygen atoms in total. The number of methoxy groups -OCH3 is 2. The predicted molar refractivity (Wildman–Crippen MR) is 123 cm³/mol. The maximum absolute atomic E-state index is 15.3. The van der Waals surface area contributed by atoms with Gasteiger partial charge in [0.05, 0.1) is 30.4 Å². The minimum absolute atomic E-state index is 0.0712. The highest BCUT2D eigenvalue weighted by Crippen LogP contribution is 2.42. The number of rotatable bonds is 5. The summed E-state index contributed by atoms with van der Waals surface area (Å²) in [5.74, 6) is -2.74. The monoisotopic (exact) mass is 525 g/mol. The predicted octanol–water partition coefficient (Wildman–Crippen LogP) is 5.54. The van der Waals surface area contributed by atoms with Gasteiger partial charge in [0, 0.05) is 23.3 Å². The van der Waals surface area contributed by atoms with Gasteiger partial charge in [-0.2, -0.15) is 13.2 Å². The molecule has 1 atom stereocenters. The molecule has 0 radical (unpaired) electrons. The van der Waals surface area contributed by atoms with E-state index >= 15 is 4.39 Å². The van der Waals surface area contributed by atoms with Crippen LogP contribution in [0, 0.1) is 18.6 Å². The first-order valence-corrected chi connectivity index (χ1v) is 11.7. The minimum Gasteiger partial charge on any atom is -0.494 e. The molecule has 0 bridgehead atoms. The van der Waals surface area contributed by atoms with E-state index in [2.05, 4.69) is 0 Å². The zero-order chi connectivity index (χ0) is 26.4. The molecular weight excluding hydrogens is 505 g/mol. The summed E-state index contributed by atoms with van der Waals surface area (Å²) in [5.41, 5.74) is -2.46. The van der Waals surface area contributed by atoms with Gasteiger partial charge in [-0.05, 0) is 36.2 Å². The number of ether oxygens (including phenoxy) is 2. The van der Waals surface area contributed by atoms with E-state index in [4.69, 9.17) is 9.47 Å². The number of alkyl halides is 3. The zero-order valence-corrected chi connectivity index (χ0v) is 20.2. The van der Waals surface area contributed by atoms with Gasteiger partial charge in [-0.1, -0.05) is 18.2 Å². The Labute approximate surface area is 206 Å². The number of pyridine rings is 1. The fraction of sp³-hybridized carbons (Fsp3) is 0.280. The van der Waals surface area contributed by atoms with Crippen LogP contribution in [0.5, 0.6) is 5.75 Å².